The molecule has 0 spiro atoms. The predicted molar refractivity (Wildman–Crippen MR) is 219 cm³/mol. The molecule has 0 saturated carbocycles. The molecular formula is C43H72NO10P. The summed E-state index contributed by atoms with van der Waals surface area (Å²) in [5.74, 6) is -1.24. The van der Waals surface area contributed by atoms with Gasteiger partial charge in [0.25, 0.3) is 0 Å². The van der Waals surface area contributed by atoms with Gasteiger partial charge in [0.2, 0.25) is 0 Å². The minimum atomic E-state index is -4.44. The monoisotopic (exact) mass is 793 g/mol. The zero-order valence-electron chi connectivity index (χ0n) is 33.7. The first-order valence-electron chi connectivity index (χ1n) is 20.8. The second-order valence-corrected chi connectivity index (χ2v) is 15.6. The molecule has 0 saturated heterocycles. The Labute approximate surface area is 331 Å². The van der Waals surface area contributed by atoms with Crippen LogP contribution in [0.25, 0.3) is 0 Å². The normalized spacial score (nSPS) is 18.2. The van der Waals surface area contributed by atoms with Crippen molar-refractivity contribution in [3.8, 4) is 0 Å². The van der Waals surface area contributed by atoms with Crippen LogP contribution in [0.15, 0.2) is 60.8 Å². The molecule has 0 aromatic heterocycles. The molecule has 1 aliphatic carbocycles. The van der Waals surface area contributed by atoms with Gasteiger partial charge < -0.3 is 25.2 Å². The Hall–Kier alpha value is -2.66. The number of carbonyl (C=O) groups is 3. The van der Waals surface area contributed by atoms with Gasteiger partial charge in [-0.1, -0.05) is 120 Å². The molecule has 11 nitrogen and oxygen atoms in total. The number of esters is 2. The van der Waals surface area contributed by atoms with Gasteiger partial charge in [-0.2, -0.15) is 0 Å². The van der Waals surface area contributed by atoms with Gasteiger partial charge in [0.15, 0.2) is 11.9 Å². The lowest BCUT2D eigenvalue weighted by Gasteiger charge is -2.19. The largest absolute Gasteiger partial charge is 0.472 e. The molecular weight excluding hydrogens is 721 g/mol. The maximum atomic E-state index is 12.7. The van der Waals surface area contributed by atoms with Crippen molar-refractivity contribution in [1.29, 1.82) is 0 Å². The number of allylic oxidation sites excluding steroid dienone is 9. The number of aliphatic hydroxyl groups is 1. The number of hydrogen-bond acceptors (Lipinski definition) is 10. The van der Waals surface area contributed by atoms with Gasteiger partial charge in [0.1, 0.15) is 6.61 Å². The van der Waals surface area contributed by atoms with Crippen LogP contribution in [0.2, 0.25) is 0 Å². The van der Waals surface area contributed by atoms with Crippen molar-refractivity contribution in [3.63, 3.8) is 0 Å². The van der Waals surface area contributed by atoms with E-state index in [0.717, 1.165) is 64.2 Å². The van der Waals surface area contributed by atoms with Crippen molar-refractivity contribution in [2.75, 3.05) is 26.4 Å². The summed E-state index contributed by atoms with van der Waals surface area (Å²) in [6.07, 6.45) is 35.9. The molecule has 0 aromatic carbocycles. The molecule has 314 valence electrons. The smallest absolute Gasteiger partial charge is 0.462 e. The van der Waals surface area contributed by atoms with Gasteiger partial charge in [0.05, 0.1) is 19.3 Å². The molecule has 0 radical (unpaired) electrons. The number of ether oxygens (including phenoxy) is 2. The van der Waals surface area contributed by atoms with E-state index in [1.165, 1.54) is 19.3 Å². The van der Waals surface area contributed by atoms with E-state index in [2.05, 4.69) is 38.2 Å². The van der Waals surface area contributed by atoms with E-state index < -0.39 is 38.6 Å². The zero-order chi connectivity index (χ0) is 40.4. The first-order chi connectivity index (χ1) is 26.6. The molecule has 0 aliphatic heterocycles. The Bertz CT molecular complexity index is 1230. The number of phosphoric ester groups is 1. The van der Waals surface area contributed by atoms with E-state index >= 15 is 0 Å². The molecule has 0 bridgehead atoms. The molecule has 0 aromatic rings. The molecule has 12 heteroatoms. The van der Waals surface area contributed by atoms with Crippen molar-refractivity contribution in [1.82, 2.24) is 0 Å². The average molecular weight is 794 g/mol. The van der Waals surface area contributed by atoms with Gasteiger partial charge in [-0.3, -0.25) is 23.4 Å². The van der Waals surface area contributed by atoms with Crippen LogP contribution in [-0.4, -0.2) is 66.3 Å². The van der Waals surface area contributed by atoms with Gasteiger partial charge in [-0.05, 0) is 76.2 Å². The number of aliphatic hydroxyl groups excluding tert-OH is 1. The van der Waals surface area contributed by atoms with Crippen molar-refractivity contribution in [2.45, 2.75) is 154 Å². The second kappa shape index (κ2) is 33.5. The van der Waals surface area contributed by atoms with Crippen LogP contribution in [-0.2, 0) is 37.5 Å². The highest BCUT2D eigenvalue weighted by atomic mass is 31.2. The highest BCUT2D eigenvalue weighted by Gasteiger charge is 2.27. The fraction of sp³-hybridized carbons (Fsp3) is 0.698. The molecule has 0 fully saturated rings. The second-order valence-electron chi connectivity index (χ2n) is 14.2. The fourth-order valence-corrected chi connectivity index (χ4v) is 6.65. The van der Waals surface area contributed by atoms with Crippen LogP contribution in [0.5, 0.6) is 0 Å². The Morgan fingerprint density at radius 1 is 0.818 bits per heavy atom. The van der Waals surface area contributed by atoms with Crippen LogP contribution in [0.4, 0.5) is 0 Å². The number of hydrogen-bond donors (Lipinski definition) is 3. The third-order valence-corrected chi connectivity index (χ3v) is 10.1. The molecule has 0 heterocycles. The minimum absolute atomic E-state index is 0.0164. The van der Waals surface area contributed by atoms with Gasteiger partial charge >= 0.3 is 19.8 Å². The summed E-state index contributed by atoms with van der Waals surface area (Å²) < 4.78 is 32.7. The Morgan fingerprint density at radius 3 is 2.18 bits per heavy atom. The number of phosphoric acid groups is 1. The molecule has 1 rings (SSSR count). The minimum Gasteiger partial charge on any atom is -0.462 e. The first-order valence-corrected chi connectivity index (χ1v) is 22.3. The summed E-state index contributed by atoms with van der Waals surface area (Å²) in [6, 6.07) is 0. The fourth-order valence-electron chi connectivity index (χ4n) is 5.89. The molecule has 55 heavy (non-hydrogen) atoms. The van der Waals surface area contributed by atoms with Crippen molar-refractivity contribution < 1.29 is 47.5 Å². The van der Waals surface area contributed by atoms with Crippen LogP contribution in [0.3, 0.4) is 0 Å². The summed E-state index contributed by atoms with van der Waals surface area (Å²) in [5.41, 5.74) is 5.34. The first kappa shape index (κ1) is 50.4. The number of carbonyl (C=O) groups excluding carboxylic acids is 3. The lowest BCUT2D eigenvalue weighted by Crippen LogP contribution is -2.29. The van der Waals surface area contributed by atoms with Crippen LogP contribution < -0.4 is 5.73 Å². The average Bonchev–Trinajstić information content (AvgIpc) is 3.52. The standard InChI is InChI=1S/C43H72NO10P/c1-3-5-7-8-9-10-11-12-13-14-15-16-17-18-23-27-42(47)51-35-39(36-53-55(49,50)52-34-33-44)54-43(48)28-24-20-19-22-25-37-29-32-41(46)40(37)31-30-38(45)26-21-6-4-2/h9-10,12-13,19,22,29-32,37-40,45H,3-8,11,14-18,20-21,23-28,33-36,44H2,1-2H3,(H,49,50)/b10-9-,13-12-,22-19-,31-30+/t37-,38-,39+,40+/m0/s1. The predicted octanol–water partition coefficient (Wildman–Crippen LogP) is 9.33. The number of rotatable bonds is 35. The van der Waals surface area contributed by atoms with Gasteiger partial charge in [-0.25, -0.2) is 4.57 Å². The number of ketones is 1. The SMILES string of the molecule is CCCCC/C=C\C/C=C\CCCCCCCC(=O)OC[C@H](COP(=O)(O)OCCN)OC(=O)CCC/C=C\C[C@H]1C=CC(=O)[C@@H]1/C=C/[C@@H](O)CCCCC. The summed E-state index contributed by atoms with van der Waals surface area (Å²) in [5, 5.41) is 10.2. The Balaban J connectivity index is 2.41. The Kier molecular flexibility index (Phi) is 30.7. The highest BCUT2D eigenvalue weighted by molar-refractivity contribution is 7.47. The third-order valence-electron chi connectivity index (χ3n) is 9.12. The van der Waals surface area contributed by atoms with E-state index in [1.54, 1.807) is 12.2 Å². The molecule has 4 N–H and O–H groups in total. The highest BCUT2D eigenvalue weighted by Crippen LogP contribution is 2.43. The number of unbranched alkanes of at least 4 members (excludes halogenated alkanes) is 11. The lowest BCUT2D eigenvalue weighted by molar-refractivity contribution is -0.161. The van der Waals surface area contributed by atoms with Crippen LogP contribution in [0, 0.1) is 11.8 Å². The molecule has 0 amide bonds. The maximum Gasteiger partial charge on any atom is 0.472 e. The lowest BCUT2D eigenvalue weighted by atomic mass is 9.90. The van der Waals surface area contributed by atoms with Crippen molar-refractivity contribution in [3.05, 3.63) is 60.8 Å². The van der Waals surface area contributed by atoms with Crippen LogP contribution >= 0.6 is 7.82 Å². The van der Waals surface area contributed by atoms with Gasteiger partial charge in [-0.15, -0.1) is 0 Å². The maximum absolute atomic E-state index is 12.7. The van der Waals surface area contributed by atoms with Gasteiger partial charge in [0, 0.05) is 25.3 Å². The zero-order valence-corrected chi connectivity index (χ0v) is 34.6. The van der Waals surface area contributed by atoms with E-state index in [9.17, 15) is 28.9 Å². The Morgan fingerprint density at radius 2 is 1.45 bits per heavy atom. The number of nitrogens with two attached hydrogens (primary N) is 1. The summed E-state index contributed by atoms with van der Waals surface area (Å²) >= 11 is 0. The summed E-state index contributed by atoms with van der Waals surface area (Å²) in [4.78, 5) is 47.3. The topological polar surface area (TPSA) is 172 Å². The molecule has 5 atom stereocenters. The van der Waals surface area contributed by atoms with E-state index in [4.69, 9.17) is 24.3 Å². The summed E-state index contributed by atoms with van der Waals surface area (Å²) in [6.45, 7) is 3.33. The summed E-state index contributed by atoms with van der Waals surface area (Å²) in [7, 11) is -4.44. The van der Waals surface area contributed by atoms with E-state index in [1.807, 2.05) is 24.3 Å². The van der Waals surface area contributed by atoms with E-state index in [-0.39, 0.29) is 50.2 Å². The quantitative estimate of drug-likeness (QED) is 0.0242. The molecule has 1 unspecified atom stereocenters. The van der Waals surface area contributed by atoms with Crippen LogP contribution in [0.1, 0.15) is 142 Å². The van der Waals surface area contributed by atoms with Crippen molar-refractivity contribution in [2.24, 2.45) is 17.6 Å². The molecule has 1 aliphatic rings. The third kappa shape index (κ3) is 28.4. The van der Waals surface area contributed by atoms with Crippen molar-refractivity contribution >= 4 is 25.5 Å². The van der Waals surface area contributed by atoms with E-state index in [0.29, 0.717) is 32.1 Å².